The molecule has 0 saturated heterocycles. The van der Waals surface area contributed by atoms with Crippen molar-refractivity contribution in [3.63, 3.8) is 0 Å². The zero-order chi connectivity index (χ0) is 12.4. The highest BCUT2D eigenvalue weighted by atomic mass is 31.2. The van der Waals surface area contributed by atoms with Gasteiger partial charge in [-0.25, -0.2) is 0 Å². The third-order valence-corrected chi connectivity index (χ3v) is 6.02. The van der Waals surface area contributed by atoms with Crippen molar-refractivity contribution in [2.45, 2.75) is 11.8 Å². The Kier molecular flexibility index (Phi) is 4.49. The number of hydrogen-bond donors (Lipinski definition) is 4. The molecule has 0 unspecified atom stereocenters. The van der Waals surface area contributed by atoms with E-state index >= 15 is 0 Å². The lowest BCUT2D eigenvalue weighted by atomic mass is 10.2. The van der Waals surface area contributed by atoms with Gasteiger partial charge in [0.05, 0.1) is 0 Å². The van der Waals surface area contributed by atoms with Crippen LogP contribution in [-0.4, -0.2) is 49.5 Å². The van der Waals surface area contributed by atoms with Gasteiger partial charge in [0.2, 0.25) is 0 Å². The molecule has 1 aliphatic rings. The summed E-state index contributed by atoms with van der Waals surface area (Å²) in [5, 5.41) is -1.92. The summed E-state index contributed by atoms with van der Waals surface area (Å²) in [6, 6.07) is 0. The minimum Gasteiger partial charge on any atom is -0.324 e. The van der Waals surface area contributed by atoms with Crippen LogP contribution in [0.2, 0.25) is 0 Å². The van der Waals surface area contributed by atoms with E-state index in [4.69, 9.17) is 19.6 Å². The van der Waals surface area contributed by atoms with Crippen LogP contribution in [0.25, 0.3) is 0 Å². The standard InChI is InChI=1S/C7H15NO6P2/c9-15(10,11)7(16(12,13)14)6-8-4-2-1-3-5-8/h1-2,7H,3-6H2,(H2,9,10,11)(H2,12,13,14). The zero-order valence-corrected chi connectivity index (χ0v) is 10.3. The second-order valence-corrected chi connectivity index (χ2v) is 7.69. The Balaban J connectivity index is 2.76. The minimum atomic E-state index is -4.79. The second kappa shape index (κ2) is 5.10. The topological polar surface area (TPSA) is 118 Å². The number of hydrogen-bond acceptors (Lipinski definition) is 3. The van der Waals surface area contributed by atoms with Crippen LogP contribution in [0.4, 0.5) is 0 Å². The van der Waals surface area contributed by atoms with Crippen molar-refractivity contribution in [2.24, 2.45) is 0 Å². The van der Waals surface area contributed by atoms with Gasteiger partial charge in [0.25, 0.3) is 0 Å². The zero-order valence-electron chi connectivity index (χ0n) is 8.51. The lowest BCUT2D eigenvalue weighted by Gasteiger charge is -2.28. The molecule has 0 spiro atoms. The van der Waals surface area contributed by atoms with Crippen molar-refractivity contribution in [1.82, 2.24) is 4.90 Å². The van der Waals surface area contributed by atoms with Crippen molar-refractivity contribution >= 4 is 15.2 Å². The average molecular weight is 271 g/mol. The lowest BCUT2D eigenvalue weighted by Crippen LogP contribution is -2.34. The van der Waals surface area contributed by atoms with E-state index in [1.54, 1.807) is 11.0 Å². The molecule has 0 aromatic heterocycles. The van der Waals surface area contributed by atoms with E-state index in [0.29, 0.717) is 13.1 Å². The molecule has 94 valence electrons. The molecule has 0 aliphatic carbocycles. The second-order valence-electron chi connectivity index (χ2n) is 3.68. The molecule has 9 heteroatoms. The third-order valence-electron chi connectivity index (χ3n) is 2.34. The smallest absolute Gasteiger partial charge is 0.324 e. The molecule has 1 rings (SSSR count). The number of rotatable bonds is 4. The minimum absolute atomic E-state index is 0.293. The Morgan fingerprint density at radius 2 is 1.69 bits per heavy atom. The molecule has 1 heterocycles. The van der Waals surface area contributed by atoms with Gasteiger partial charge in [-0.2, -0.15) is 0 Å². The fourth-order valence-corrected chi connectivity index (χ4v) is 3.95. The SMILES string of the molecule is O=P(O)(O)C(CN1CC=CCC1)P(=O)(O)O. The molecular formula is C7H15NO6P2. The fourth-order valence-electron chi connectivity index (χ4n) is 1.50. The van der Waals surface area contributed by atoms with Crippen LogP contribution >= 0.6 is 15.2 Å². The Hall–Kier alpha value is -0.0000000000000000971. The summed E-state index contributed by atoms with van der Waals surface area (Å²) in [6.07, 6.45) is 4.44. The normalized spacial score (nSPS) is 19.3. The van der Waals surface area contributed by atoms with Gasteiger partial charge in [0.15, 0.2) is 5.40 Å². The summed E-state index contributed by atoms with van der Waals surface area (Å²) in [5.41, 5.74) is 0. The van der Waals surface area contributed by atoms with Crippen LogP contribution in [0, 0.1) is 0 Å². The molecular weight excluding hydrogens is 256 g/mol. The average Bonchev–Trinajstić information content (AvgIpc) is 2.12. The predicted molar refractivity (Wildman–Crippen MR) is 58.1 cm³/mol. The summed E-state index contributed by atoms with van der Waals surface area (Å²) in [7, 11) is -9.59. The Morgan fingerprint density at radius 3 is 2.06 bits per heavy atom. The summed E-state index contributed by atoms with van der Waals surface area (Å²) in [4.78, 5) is 37.3. The molecule has 0 saturated carbocycles. The van der Waals surface area contributed by atoms with Crippen LogP contribution in [0.5, 0.6) is 0 Å². The maximum absolute atomic E-state index is 11.0. The van der Waals surface area contributed by atoms with Gasteiger partial charge in [-0.15, -0.1) is 0 Å². The van der Waals surface area contributed by atoms with Gasteiger partial charge in [-0.1, -0.05) is 12.2 Å². The van der Waals surface area contributed by atoms with Gasteiger partial charge in [-0.3, -0.25) is 14.0 Å². The van der Waals surface area contributed by atoms with Crippen molar-refractivity contribution in [1.29, 1.82) is 0 Å². The first-order valence-corrected chi connectivity index (χ1v) is 8.05. The molecule has 0 atom stereocenters. The van der Waals surface area contributed by atoms with Crippen LogP contribution < -0.4 is 0 Å². The van der Waals surface area contributed by atoms with E-state index in [9.17, 15) is 9.13 Å². The van der Waals surface area contributed by atoms with E-state index in [1.165, 1.54) is 0 Å². The van der Waals surface area contributed by atoms with Gasteiger partial charge in [0, 0.05) is 19.6 Å². The van der Waals surface area contributed by atoms with Gasteiger partial charge in [0.1, 0.15) is 0 Å². The van der Waals surface area contributed by atoms with Crippen LogP contribution in [0.15, 0.2) is 12.2 Å². The highest BCUT2D eigenvalue weighted by molar-refractivity contribution is 7.70. The maximum atomic E-state index is 11.0. The predicted octanol–water partition coefficient (Wildman–Crippen LogP) is -0.0702. The molecule has 4 N–H and O–H groups in total. The van der Waals surface area contributed by atoms with Crippen molar-refractivity contribution in [2.75, 3.05) is 19.6 Å². The van der Waals surface area contributed by atoms with Crippen molar-refractivity contribution in [3.8, 4) is 0 Å². The molecule has 7 nitrogen and oxygen atoms in total. The maximum Gasteiger partial charge on any atom is 0.342 e. The summed E-state index contributed by atoms with van der Waals surface area (Å²) < 4.78 is 22.0. The molecule has 0 radical (unpaired) electrons. The summed E-state index contributed by atoms with van der Waals surface area (Å²) in [5.74, 6) is 0. The molecule has 0 aromatic rings. The largest absolute Gasteiger partial charge is 0.342 e. The molecule has 0 bridgehead atoms. The quantitative estimate of drug-likeness (QED) is 0.417. The molecule has 0 aromatic carbocycles. The molecule has 16 heavy (non-hydrogen) atoms. The lowest BCUT2D eigenvalue weighted by molar-refractivity contribution is 0.274. The molecule has 0 fully saturated rings. The summed E-state index contributed by atoms with van der Waals surface area (Å²) in [6.45, 7) is 0.711. The van der Waals surface area contributed by atoms with Crippen molar-refractivity contribution < 1.29 is 28.7 Å². The van der Waals surface area contributed by atoms with E-state index < -0.39 is 20.6 Å². The highest BCUT2D eigenvalue weighted by Gasteiger charge is 2.44. The van der Waals surface area contributed by atoms with Crippen LogP contribution in [-0.2, 0) is 9.13 Å². The van der Waals surface area contributed by atoms with Crippen LogP contribution in [0.3, 0.4) is 0 Å². The van der Waals surface area contributed by atoms with E-state index in [-0.39, 0.29) is 6.54 Å². The van der Waals surface area contributed by atoms with Crippen LogP contribution in [0.1, 0.15) is 6.42 Å². The first-order chi connectivity index (χ1) is 7.21. The Labute approximate surface area is 93.1 Å². The monoisotopic (exact) mass is 271 g/mol. The van der Waals surface area contributed by atoms with Gasteiger partial charge >= 0.3 is 15.2 Å². The number of nitrogens with zero attached hydrogens (tertiary/aromatic N) is 1. The highest BCUT2D eigenvalue weighted by Crippen LogP contribution is 2.59. The first kappa shape index (κ1) is 14.1. The molecule has 0 amide bonds. The van der Waals surface area contributed by atoms with Crippen molar-refractivity contribution in [3.05, 3.63) is 12.2 Å². The van der Waals surface area contributed by atoms with E-state index in [0.717, 1.165) is 6.42 Å². The van der Waals surface area contributed by atoms with Gasteiger partial charge in [-0.05, 0) is 6.42 Å². The fraction of sp³-hybridized carbons (Fsp3) is 0.714. The first-order valence-electron chi connectivity index (χ1n) is 4.69. The van der Waals surface area contributed by atoms with Gasteiger partial charge < -0.3 is 19.6 Å². The van der Waals surface area contributed by atoms with E-state index in [2.05, 4.69) is 0 Å². The third kappa shape index (κ3) is 4.11. The van der Waals surface area contributed by atoms with E-state index in [1.807, 2.05) is 6.08 Å². The Morgan fingerprint density at radius 1 is 1.12 bits per heavy atom. The Bertz CT molecular complexity index is 336. The molecule has 1 aliphatic heterocycles. The summed E-state index contributed by atoms with van der Waals surface area (Å²) >= 11 is 0.